The van der Waals surface area contributed by atoms with Crippen LogP contribution < -0.4 is 4.90 Å². The summed E-state index contributed by atoms with van der Waals surface area (Å²) in [5.74, 6) is 0.692. The number of hydrogen-bond acceptors (Lipinski definition) is 4. The summed E-state index contributed by atoms with van der Waals surface area (Å²) >= 11 is 0. The van der Waals surface area contributed by atoms with Crippen molar-refractivity contribution in [2.75, 3.05) is 11.9 Å². The normalized spacial score (nSPS) is 9.65. The second kappa shape index (κ2) is 5.08. The molecule has 0 spiro atoms. The summed E-state index contributed by atoms with van der Waals surface area (Å²) in [7, 11) is 1.94. The number of aromatic nitrogens is 2. The van der Waals surface area contributed by atoms with Crippen LogP contribution in [-0.4, -0.2) is 17.0 Å². The van der Waals surface area contributed by atoms with Crippen LogP contribution in [0.4, 0.5) is 5.95 Å². The molecule has 0 saturated carbocycles. The van der Waals surface area contributed by atoms with Crippen molar-refractivity contribution in [3.8, 4) is 6.07 Å². The third-order valence-electron chi connectivity index (χ3n) is 2.40. The minimum atomic E-state index is 0.673. The molecule has 0 N–H and O–H groups in total. The standard InChI is InChI=1S/C13H12N4/c1-17(13-15-7-2-8-16-13)10-12-5-3-11(9-14)4-6-12/h2-8H,10H2,1H3. The van der Waals surface area contributed by atoms with Crippen LogP contribution in [0.15, 0.2) is 42.7 Å². The van der Waals surface area contributed by atoms with Gasteiger partial charge in [0.15, 0.2) is 0 Å². The SMILES string of the molecule is CN(Cc1ccc(C#N)cc1)c1ncccn1. The van der Waals surface area contributed by atoms with Gasteiger partial charge >= 0.3 is 0 Å². The van der Waals surface area contributed by atoms with Crippen molar-refractivity contribution in [2.24, 2.45) is 0 Å². The van der Waals surface area contributed by atoms with Crippen molar-refractivity contribution >= 4 is 5.95 Å². The lowest BCUT2D eigenvalue weighted by atomic mass is 10.1. The summed E-state index contributed by atoms with van der Waals surface area (Å²) in [6.45, 7) is 0.718. The van der Waals surface area contributed by atoms with E-state index in [1.165, 1.54) is 0 Å². The number of anilines is 1. The van der Waals surface area contributed by atoms with Crippen LogP contribution >= 0.6 is 0 Å². The Morgan fingerprint density at radius 3 is 2.41 bits per heavy atom. The van der Waals surface area contributed by atoms with Crippen LogP contribution in [0.3, 0.4) is 0 Å². The number of nitriles is 1. The van der Waals surface area contributed by atoms with Crippen molar-refractivity contribution < 1.29 is 0 Å². The Balaban J connectivity index is 2.08. The van der Waals surface area contributed by atoms with Crippen molar-refractivity contribution in [3.63, 3.8) is 0 Å². The summed E-state index contributed by atoms with van der Waals surface area (Å²) in [5.41, 5.74) is 1.80. The molecule has 4 nitrogen and oxygen atoms in total. The van der Waals surface area contributed by atoms with Crippen molar-refractivity contribution in [3.05, 3.63) is 53.9 Å². The highest BCUT2D eigenvalue weighted by Gasteiger charge is 2.03. The minimum absolute atomic E-state index is 0.673. The van der Waals surface area contributed by atoms with E-state index in [2.05, 4.69) is 16.0 Å². The molecule has 84 valence electrons. The van der Waals surface area contributed by atoms with E-state index in [0.29, 0.717) is 11.5 Å². The molecule has 4 heteroatoms. The second-order valence-electron chi connectivity index (χ2n) is 3.71. The summed E-state index contributed by atoms with van der Waals surface area (Å²) in [5, 5.41) is 8.71. The Bertz CT molecular complexity index is 513. The summed E-state index contributed by atoms with van der Waals surface area (Å²) in [6.07, 6.45) is 3.44. The van der Waals surface area contributed by atoms with Crippen LogP contribution in [0.2, 0.25) is 0 Å². The fraction of sp³-hybridized carbons (Fsp3) is 0.154. The number of nitrogens with zero attached hydrogens (tertiary/aromatic N) is 4. The highest BCUT2D eigenvalue weighted by molar-refractivity contribution is 5.34. The van der Waals surface area contributed by atoms with Gasteiger partial charge in [0.05, 0.1) is 11.6 Å². The fourth-order valence-electron chi connectivity index (χ4n) is 1.52. The van der Waals surface area contributed by atoms with Gasteiger partial charge in [0, 0.05) is 26.0 Å². The third-order valence-corrected chi connectivity index (χ3v) is 2.40. The van der Waals surface area contributed by atoms with Gasteiger partial charge in [-0.25, -0.2) is 9.97 Å². The largest absolute Gasteiger partial charge is 0.340 e. The number of hydrogen-bond donors (Lipinski definition) is 0. The minimum Gasteiger partial charge on any atom is -0.340 e. The molecule has 0 bridgehead atoms. The first-order valence-electron chi connectivity index (χ1n) is 5.27. The molecule has 1 heterocycles. The van der Waals surface area contributed by atoms with E-state index in [1.807, 2.05) is 36.2 Å². The van der Waals surface area contributed by atoms with Gasteiger partial charge in [0.1, 0.15) is 0 Å². The zero-order chi connectivity index (χ0) is 12.1. The first-order valence-corrected chi connectivity index (χ1v) is 5.27. The molecule has 1 aromatic carbocycles. The van der Waals surface area contributed by atoms with Gasteiger partial charge in [0.2, 0.25) is 5.95 Å². The van der Waals surface area contributed by atoms with Crippen molar-refractivity contribution in [1.82, 2.24) is 9.97 Å². The van der Waals surface area contributed by atoms with Gasteiger partial charge in [-0.1, -0.05) is 12.1 Å². The van der Waals surface area contributed by atoms with Gasteiger partial charge in [0.25, 0.3) is 0 Å². The second-order valence-corrected chi connectivity index (χ2v) is 3.71. The molecule has 0 atom stereocenters. The van der Waals surface area contributed by atoms with E-state index in [9.17, 15) is 0 Å². The van der Waals surface area contributed by atoms with Crippen LogP contribution in [0, 0.1) is 11.3 Å². The van der Waals surface area contributed by atoms with Gasteiger partial charge in [-0.2, -0.15) is 5.26 Å². The zero-order valence-electron chi connectivity index (χ0n) is 9.54. The van der Waals surface area contributed by atoms with E-state index in [-0.39, 0.29) is 0 Å². The molecular weight excluding hydrogens is 212 g/mol. The molecule has 0 amide bonds. The Kier molecular flexibility index (Phi) is 3.31. The average molecular weight is 224 g/mol. The predicted octanol–water partition coefficient (Wildman–Crippen LogP) is 1.98. The Hall–Kier alpha value is -2.41. The highest BCUT2D eigenvalue weighted by Crippen LogP contribution is 2.09. The summed E-state index contributed by atoms with van der Waals surface area (Å²) in [6, 6.07) is 11.4. The highest BCUT2D eigenvalue weighted by atomic mass is 15.2. The molecule has 0 unspecified atom stereocenters. The molecule has 0 aliphatic carbocycles. The number of rotatable bonds is 3. The maximum absolute atomic E-state index is 8.71. The van der Waals surface area contributed by atoms with E-state index in [0.717, 1.165) is 12.1 Å². The molecule has 2 rings (SSSR count). The first-order chi connectivity index (χ1) is 8.29. The molecule has 0 aliphatic rings. The molecule has 0 saturated heterocycles. The lowest BCUT2D eigenvalue weighted by Gasteiger charge is -2.16. The molecule has 0 radical (unpaired) electrons. The molecule has 0 aliphatic heterocycles. The molecule has 1 aromatic heterocycles. The van der Waals surface area contributed by atoms with Crippen LogP contribution in [0.5, 0.6) is 0 Å². The Morgan fingerprint density at radius 2 is 1.82 bits per heavy atom. The Labute approximate surface area is 100 Å². The lowest BCUT2D eigenvalue weighted by molar-refractivity contribution is 0.866. The van der Waals surface area contributed by atoms with Crippen LogP contribution in [0.25, 0.3) is 0 Å². The topological polar surface area (TPSA) is 52.8 Å². The number of benzene rings is 1. The first kappa shape index (κ1) is 11.1. The summed E-state index contributed by atoms with van der Waals surface area (Å²) in [4.78, 5) is 10.3. The van der Waals surface area contributed by atoms with E-state index >= 15 is 0 Å². The van der Waals surface area contributed by atoms with Crippen molar-refractivity contribution in [1.29, 1.82) is 5.26 Å². The maximum atomic E-state index is 8.71. The monoisotopic (exact) mass is 224 g/mol. The lowest BCUT2D eigenvalue weighted by Crippen LogP contribution is -2.18. The van der Waals surface area contributed by atoms with Gasteiger partial charge < -0.3 is 4.90 Å². The predicted molar refractivity (Wildman–Crippen MR) is 65.3 cm³/mol. The van der Waals surface area contributed by atoms with E-state index < -0.39 is 0 Å². The molecular formula is C13H12N4. The van der Waals surface area contributed by atoms with E-state index in [4.69, 9.17) is 5.26 Å². The van der Waals surface area contributed by atoms with Gasteiger partial charge in [-0.15, -0.1) is 0 Å². The van der Waals surface area contributed by atoms with Gasteiger partial charge in [-0.3, -0.25) is 0 Å². The Morgan fingerprint density at radius 1 is 1.18 bits per heavy atom. The molecule has 17 heavy (non-hydrogen) atoms. The van der Waals surface area contributed by atoms with E-state index in [1.54, 1.807) is 18.5 Å². The molecule has 0 fully saturated rings. The van der Waals surface area contributed by atoms with Crippen LogP contribution in [-0.2, 0) is 6.54 Å². The molecule has 2 aromatic rings. The smallest absolute Gasteiger partial charge is 0.225 e. The van der Waals surface area contributed by atoms with Crippen molar-refractivity contribution in [2.45, 2.75) is 6.54 Å². The maximum Gasteiger partial charge on any atom is 0.225 e. The quantitative estimate of drug-likeness (QED) is 0.800. The van der Waals surface area contributed by atoms with Crippen LogP contribution in [0.1, 0.15) is 11.1 Å². The fourth-order valence-corrected chi connectivity index (χ4v) is 1.52. The summed E-state index contributed by atoms with van der Waals surface area (Å²) < 4.78 is 0. The average Bonchev–Trinajstić information content (AvgIpc) is 2.40. The third kappa shape index (κ3) is 2.79. The van der Waals surface area contributed by atoms with Gasteiger partial charge in [-0.05, 0) is 23.8 Å². The zero-order valence-corrected chi connectivity index (χ0v) is 9.54.